The highest BCUT2D eigenvalue weighted by Gasteiger charge is 2.42. The average molecular weight is 575 g/mol. The molecular formula is C30H27ClN4O4S. The molecular weight excluding hydrogens is 548 g/mol. The minimum absolute atomic E-state index is 0.125. The third kappa shape index (κ3) is 5.43. The van der Waals surface area contributed by atoms with Gasteiger partial charge in [0, 0.05) is 23.4 Å². The molecule has 10 heteroatoms. The van der Waals surface area contributed by atoms with Gasteiger partial charge in [-0.05, 0) is 66.8 Å². The van der Waals surface area contributed by atoms with Crippen LogP contribution in [0.2, 0.25) is 5.02 Å². The van der Waals surface area contributed by atoms with Gasteiger partial charge in [0.2, 0.25) is 5.91 Å². The lowest BCUT2D eigenvalue weighted by Gasteiger charge is -2.26. The summed E-state index contributed by atoms with van der Waals surface area (Å²) in [6, 6.07) is 21.2. The van der Waals surface area contributed by atoms with Crippen LogP contribution in [0.25, 0.3) is 11.3 Å². The number of aromatic nitrogens is 1. The number of methoxy groups -OCH3 is 1. The summed E-state index contributed by atoms with van der Waals surface area (Å²) >= 11 is 12.4. The fourth-order valence-electron chi connectivity index (χ4n) is 4.54. The van der Waals surface area contributed by atoms with Crippen molar-refractivity contribution >= 4 is 52.2 Å². The second kappa shape index (κ2) is 11.5. The van der Waals surface area contributed by atoms with Crippen LogP contribution in [-0.4, -0.2) is 29.1 Å². The third-order valence-corrected chi connectivity index (χ3v) is 7.22. The van der Waals surface area contributed by atoms with Crippen LogP contribution in [0.3, 0.4) is 0 Å². The summed E-state index contributed by atoms with van der Waals surface area (Å²) in [4.78, 5) is 30.8. The maximum atomic E-state index is 12.2. The van der Waals surface area contributed by atoms with E-state index in [9.17, 15) is 9.59 Å². The molecule has 0 spiro atoms. The number of nitrogens with one attached hydrogen (secondary N) is 2. The minimum Gasteiger partial charge on any atom is -0.465 e. The van der Waals surface area contributed by atoms with E-state index >= 15 is 0 Å². The fraction of sp³-hybridized carbons (Fsp3) is 0.200. The Labute approximate surface area is 242 Å². The van der Waals surface area contributed by atoms with E-state index in [4.69, 9.17) is 33.0 Å². The summed E-state index contributed by atoms with van der Waals surface area (Å²) in [5.41, 5.74) is 3.19. The number of carbonyl (C=O) groups is 2. The molecule has 0 bridgehead atoms. The monoisotopic (exact) mass is 574 g/mol. The summed E-state index contributed by atoms with van der Waals surface area (Å²) in [7, 11) is 1.35. The average Bonchev–Trinajstić information content (AvgIpc) is 3.59. The molecule has 204 valence electrons. The van der Waals surface area contributed by atoms with Crippen LogP contribution >= 0.6 is 23.8 Å². The molecule has 2 aromatic carbocycles. The van der Waals surface area contributed by atoms with Gasteiger partial charge >= 0.3 is 5.97 Å². The first-order valence-electron chi connectivity index (χ1n) is 12.7. The maximum Gasteiger partial charge on any atom is 0.337 e. The van der Waals surface area contributed by atoms with Gasteiger partial charge in [-0.2, -0.15) is 0 Å². The highest BCUT2D eigenvalue weighted by molar-refractivity contribution is 7.80. The molecule has 3 heterocycles. The molecule has 2 N–H and O–H groups in total. The Bertz CT molecular complexity index is 1570. The molecule has 1 aliphatic heterocycles. The van der Waals surface area contributed by atoms with Crippen molar-refractivity contribution in [3.8, 4) is 11.3 Å². The molecule has 0 saturated carbocycles. The number of nitrogens with zero attached hydrogens (tertiary/aromatic N) is 2. The second-order valence-electron chi connectivity index (χ2n) is 9.58. The van der Waals surface area contributed by atoms with Gasteiger partial charge < -0.3 is 24.7 Å². The zero-order valence-corrected chi connectivity index (χ0v) is 23.6. The lowest BCUT2D eigenvalue weighted by Crippen LogP contribution is -2.29. The highest BCUT2D eigenvalue weighted by Crippen LogP contribution is 2.44. The molecule has 0 aliphatic carbocycles. The van der Waals surface area contributed by atoms with E-state index in [-0.39, 0.29) is 17.9 Å². The summed E-state index contributed by atoms with van der Waals surface area (Å²) in [6.07, 6.45) is 1.73. The van der Waals surface area contributed by atoms with Crippen LogP contribution in [0.1, 0.15) is 47.7 Å². The van der Waals surface area contributed by atoms with Crippen molar-refractivity contribution in [2.45, 2.75) is 25.9 Å². The molecule has 0 radical (unpaired) electrons. The Morgan fingerprint density at radius 1 is 1.10 bits per heavy atom. The number of furan rings is 1. The van der Waals surface area contributed by atoms with Gasteiger partial charge in [-0.1, -0.05) is 43.6 Å². The first-order valence-corrected chi connectivity index (χ1v) is 13.4. The van der Waals surface area contributed by atoms with Crippen molar-refractivity contribution in [1.29, 1.82) is 0 Å². The zero-order valence-electron chi connectivity index (χ0n) is 22.1. The Morgan fingerprint density at radius 3 is 2.62 bits per heavy atom. The van der Waals surface area contributed by atoms with Crippen LogP contribution in [0.4, 0.5) is 11.4 Å². The Balaban J connectivity index is 1.54. The van der Waals surface area contributed by atoms with Crippen molar-refractivity contribution in [2.24, 2.45) is 5.92 Å². The van der Waals surface area contributed by atoms with Gasteiger partial charge in [0.15, 0.2) is 5.11 Å². The summed E-state index contributed by atoms with van der Waals surface area (Å²) in [5.74, 6) is 0.486. The Kier molecular flexibility index (Phi) is 7.86. The topological polar surface area (TPSA) is 96.7 Å². The van der Waals surface area contributed by atoms with E-state index in [2.05, 4.69) is 15.6 Å². The number of pyridine rings is 1. The molecule has 1 saturated heterocycles. The van der Waals surface area contributed by atoms with Gasteiger partial charge in [0.25, 0.3) is 0 Å². The van der Waals surface area contributed by atoms with Crippen LogP contribution in [0.15, 0.2) is 83.4 Å². The number of ether oxygens (including phenoxy) is 1. The van der Waals surface area contributed by atoms with E-state index in [1.807, 2.05) is 61.2 Å². The largest absolute Gasteiger partial charge is 0.465 e. The molecule has 0 unspecified atom stereocenters. The van der Waals surface area contributed by atoms with E-state index in [1.165, 1.54) is 7.11 Å². The molecule has 2 aromatic heterocycles. The van der Waals surface area contributed by atoms with Gasteiger partial charge in [-0.15, -0.1) is 0 Å². The number of carbonyl (C=O) groups excluding carboxylic acids is 2. The van der Waals surface area contributed by atoms with E-state index < -0.39 is 12.0 Å². The molecule has 1 amide bonds. The van der Waals surface area contributed by atoms with Gasteiger partial charge in [-0.3, -0.25) is 9.78 Å². The number of anilines is 2. The number of halogens is 1. The van der Waals surface area contributed by atoms with Crippen LogP contribution in [-0.2, 0) is 9.53 Å². The van der Waals surface area contributed by atoms with Gasteiger partial charge in [0.05, 0.1) is 35.1 Å². The van der Waals surface area contributed by atoms with Crippen LogP contribution < -0.4 is 15.5 Å². The van der Waals surface area contributed by atoms with Crippen LogP contribution in [0.5, 0.6) is 0 Å². The first kappa shape index (κ1) is 27.4. The smallest absolute Gasteiger partial charge is 0.337 e. The molecule has 40 heavy (non-hydrogen) atoms. The SMILES string of the molecule is COC(=O)c1cccc(-c2ccc([C@@H]3[C@@H](c4ccccn4)NC(=S)N3c3ccc(NC(=O)C(C)C)c(Cl)c3)o2)c1. The van der Waals surface area contributed by atoms with E-state index in [1.54, 1.807) is 36.5 Å². The predicted octanol–water partition coefficient (Wildman–Crippen LogP) is 6.55. The molecule has 5 rings (SSSR count). The highest BCUT2D eigenvalue weighted by atomic mass is 35.5. The Morgan fingerprint density at radius 2 is 1.93 bits per heavy atom. The number of thiocarbonyl (C=S) groups is 1. The standard InChI is InChI=1S/C30H27ClN4O4S/c1-17(2)28(36)33-22-11-10-20(16-21(22)31)35-27(26(34-30(35)40)23-9-4-5-14-32-23)25-13-12-24(39-25)18-7-6-8-19(15-18)29(37)38-3/h4-17,26-27H,1-3H3,(H,33,36)(H,34,40)/t26-,27-/m1/s1. The van der Waals surface area contributed by atoms with Gasteiger partial charge in [0.1, 0.15) is 17.6 Å². The molecule has 1 fully saturated rings. The number of amides is 1. The number of rotatable bonds is 7. The van der Waals surface area contributed by atoms with Crippen molar-refractivity contribution < 1.29 is 18.7 Å². The number of benzene rings is 2. The number of hydrogen-bond acceptors (Lipinski definition) is 6. The van der Waals surface area contributed by atoms with Crippen molar-refractivity contribution in [1.82, 2.24) is 10.3 Å². The van der Waals surface area contributed by atoms with Crippen molar-refractivity contribution in [2.75, 3.05) is 17.3 Å². The summed E-state index contributed by atoms with van der Waals surface area (Å²) in [5, 5.41) is 7.10. The minimum atomic E-state index is -0.426. The molecule has 8 nitrogen and oxygen atoms in total. The summed E-state index contributed by atoms with van der Waals surface area (Å²) < 4.78 is 11.3. The molecule has 1 aliphatic rings. The van der Waals surface area contributed by atoms with Gasteiger partial charge in [-0.25, -0.2) is 4.79 Å². The van der Waals surface area contributed by atoms with Crippen LogP contribution in [0, 0.1) is 5.92 Å². The lowest BCUT2D eigenvalue weighted by molar-refractivity contribution is -0.118. The third-order valence-electron chi connectivity index (χ3n) is 6.60. The molecule has 2 atom stereocenters. The lowest BCUT2D eigenvalue weighted by atomic mass is 10.0. The number of hydrogen-bond donors (Lipinski definition) is 2. The predicted molar refractivity (Wildman–Crippen MR) is 158 cm³/mol. The summed E-state index contributed by atoms with van der Waals surface area (Å²) in [6.45, 7) is 3.63. The van der Waals surface area contributed by atoms with Crippen molar-refractivity contribution in [3.63, 3.8) is 0 Å². The fourth-order valence-corrected chi connectivity index (χ4v) is 5.11. The normalized spacial score (nSPS) is 16.6. The first-order chi connectivity index (χ1) is 19.3. The zero-order chi connectivity index (χ0) is 28.4. The second-order valence-corrected chi connectivity index (χ2v) is 10.4. The molecule has 4 aromatic rings. The number of esters is 1. The van der Waals surface area contributed by atoms with Crippen molar-refractivity contribution in [3.05, 3.63) is 101 Å². The Hall–Kier alpha value is -4.21. The van der Waals surface area contributed by atoms with E-state index in [0.717, 1.165) is 16.9 Å². The quantitative estimate of drug-likeness (QED) is 0.189. The van der Waals surface area contributed by atoms with E-state index in [0.29, 0.717) is 32.9 Å². The maximum absolute atomic E-state index is 12.2.